The van der Waals surface area contributed by atoms with Crippen LogP contribution >= 0.6 is 11.6 Å². The monoisotopic (exact) mass is 306 g/mol. The third-order valence-electron chi connectivity index (χ3n) is 3.32. The van der Waals surface area contributed by atoms with Gasteiger partial charge in [-0.05, 0) is 30.7 Å². The number of hydrogen-bond acceptors (Lipinski definition) is 3. The minimum atomic E-state index is -3.41. The Balaban J connectivity index is 2.13. The number of sulfonamides is 1. The molecule has 1 aliphatic heterocycles. The van der Waals surface area contributed by atoms with E-state index in [0.29, 0.717) is 12.1 Å². The largest absolute Gasteiger partial charge is 0.315 e. The quantitative estimate of drug-likeness (QED) is 0.919. The van der Waals surface area contributed by atoms with Gasteiger partial charge < -0.3 is 5.32 Å². The lowest BCUT2D eigenvalue weighted by molar-refractivity contribution is 0.387. The van der Waals surface area contributed by atoms with Crippen LogP contribution in [-0.4, -0.2) is 38.9 Å². The van der Waals surface area contributed by atoms with E-state index < -0.39 is 15.8 Å². The van der Waals surface area contributed by atoms with Crippen molar-refractivity contribution in [3.63, 3.8) is 0 Å². The molecule has 1 atom stereocenters. The zero-order valence-corrected chi connectivity index (χ0v) is 12.1. The van der Waals surface area contributed by atoms with E-state index in [1.165, 1.54) is 22.5 Å². The summed E-state index contributed by atoms with van der Waals surface area (Å²) in [4.78, 5) is 0. The summed E-state index contributed by atoms with van der Waals surface area (Å²) >= 11 is 5.66. The van der Waals surface area contributed by atoms with Crippen LogP contribution < -0.4 is 5.32 Å². The smallest absolute Gasteiger partial charge is 0.218 e. The Bertz CT molecular complexity index is 559. The molecule has 1 heterocycles. The first-order chi connectivity index (χ1) is 8.90. The highest BCUT2D eigenvalue weighted by molar-refractivity contribution is 7.88. The van der Waals surface area contributed by atoms with Crippen molar-refractivity contribution in [2.75, 3.05) is 20.1 Å². The van der Waals surface area contributed by atoms with Crippen molar-refractivity contribution in [2.24, 2.45) is 0 Å². The van der Waals surface area contributed by atoms with Crippen molar-refractivity contribution >= 4 is 21.6 Å². The van der Waals surface area contributed by atoms with Gasteiger partial charge in [0.05, 0.1) is 10.8 Å². The Hall–Kier alpha value is -0.690. The van der Waals surface area contributed by atoms with E-state index in [-0.39, 0.29) is 16.8 Å². The highest BCUT2D eigenvalue weighted by atomic mass is 35.5. The van der Waals surface area contributed by atoms with E-state index in [9.17, 15) is 12.8 Å². The van der Waals surface area contributed by atoms with Gasteiger partial charge in [0.25, 0.3) is 0 Å². The molecular weight excluding hydrogens is 291 g/mol. The molecule has 0 bridgehead atoms. The average Bonchev–Trinajstić information content (AvgIpc) is 2.86. The van der Waals surface area contributed by atoms with Gasteiger partial charge in [0.15, 0.2) is 0 Å². The van der Waals surface area contributed by atoms with Crippen molar-refractivity contribution < 1.29 is 12.8 Å². The summed E-state index contributed by atoms with van der Waals surface area (Å²) in [6, 6.07) is 3.97. The van der Waals surface area contributed by atoms with E-state index in [0.717, 1.165) is 13.0 Å². The van der Waals surface area contributed by atoms with Gasteiger partial charge in [0.2, 0.25) is 10.0 Å². The zero-order chi connectivity index (χ0) is 14.0. The summed E-state index contributed by atoms with van der Waals surface area (Å²) in [5, 5.41) is 3.07. The maximum atomic E-state index is 13.0. The van der Waals surface area contributed by atoms with Crippen LogP contribution in [0.2, 0.25) is 5.02 Å². The number of likely N-dealkylation sites (N-methyl/N-ethyl adjacent to an activating group) is 1. The van der Waals surface area contributed by atoms with Gasteiger partial charge in [-0.15, -0.1) is 0 Å². The van der Waals surface area contributed by atoms with E-state index in [1.54, 1.807) is 7.05 Å². The molecule has 7 heteroatoms. The topological polar surface area (TPSA) is 49.4 Å². The molecule has 2 rings (SSSR count). The number of benzene rings is 1. The molecule has 0 amide bonds. The fraction of sp³-hybridized carbons (Fsp3) is 0.500. The van der Waals surface area contributed by atoms with Gasteiger partial charge in [-0.1, -0.05) is 17.7 Å². The Morgan fingerprint density at radius 1 is 1.53 bits per heavy atom. The molecular formula is C12H16ClFN2O2S. The maximum Gasteiger partial charge on any atom is 0.218 e. The maximum absolute atomic E-state index is 13.0. The molecule has 1 aliphatic rings. The summed E-state index contributed by atoms with van der Waals surface area (Å²) in [5.41, 5.74) is 0.490. The van der Waals surface area contributed by atoms with Gasteiger partial charge in [-0.3, -0.25) is 0 Å². The van der Waals surface area contributed by atoms with Crippen LogP contribution in [0.5, 0.6) is 0 Å². The van der Waals surface area contributed by atoms with Crippen molar-refractivity contribution in [3.05, 3.63) is 34.6 Å². The van der Waals surface area contributed by atoms with E-state index >= 15 is 0 Å². The van der Waals surface area contributed by atoms with Crippen LogP contribution in [0.25, 0.3) is 0 Å². The summed E-state index contributed by atoms with van der Waals surface area (Å²) in [6.07, 6.45) is 0.805. The minimum absolute atomic E-state index is 0.0130. The predicted octanol–water partition coefficient (Wildman–Crippen LogP) is 1.60. The zero-order valence-electron chi connectivity index (χ0n) is 10.6. The molecule has 0 aromatic heterocycles. The number of nitrogens with one attached hydrogen (secondary N) is 1. The van der Waals surface area contributed by atoms with E-state index in [2.05, 4.69) is 5.32 Å². The van der Waals surface area contributed by atoms with Gasteiger partial charge in [0.1, 0.15) is 5.82 Å². The molecule has 19 heavy (non-hydrogen) atoms. The van der Waals surface area contributed by atoms with Crippen LogP contribution in [-0.2, 0) is 15.8 Å². The van der Waals surface area contributed by atoms with Crippen LogP contribution in [0.3, 0.4) is 0 Å². The highest BCUT2D eigenvalue weighted by Crippen LogP contribution is 2.20. The molecule has 1 N–H and O–H groups in total. The molecule has 1 aromatic carbocycles. The molecule has 0 spiro atoms. The van der Waals surface area contributed by atoms with Crippen molar-refractivity contribution in [1.29, 1.82) is 0 Å². The Labute approximate surface area is 117 Å². The SMILES string of the molecule is CN([C@@H]1CCNC1)S(=O)(=O)Cc1ccc(F)c(Cl)c1. The van der Waals surface area contributed by atoms with Crippen molar-refractivity contribution in [2.45, 2.75) is 18.2 Å². The molecule has 106 valence electrons. The number of hydrogen-bond donors (Lipinski definition) is 1. The standard InChI is InChI=1S/C12H16ClFN2O2S/c1-16(10-4-5-15-7-10)19(17,18)8-9-2-3-12(14)11(13)6-9/h2-3,6,10,15H,4-5,7-8H2,1H3/t10-/m1/s1. The third-order valence-corrected chi connectivity index (χ3v) is 5.48. The fourth-order valence-electron chi connectivity index (χ4n) is 2.12. The highest BCUT2D eigenvalue weighted by Gasteiger charge is 2.28. The molecule has 0 unspecified atom stereocenters. The van der Waals surface area contributed by atoms with Crippen LogP contribution in [0, 0.1) is 5.82 Å². The van der Waals surface area contributed by atoms with Crippen LogP contribution in [0.15, 0.2) is 18.2 Å². The second-order valence-corrected chi connectivity index (χ2v) is 7.10. The van der Waals surface area contributed by atoms with Crippen LogP contribution in [0.1, 0.15) is 12.0 Å². The third kappa shape index (κ3) is 3.45. The van der Waals surface area contributed by atoms with Crippen molar-refractivity contribution in [1.82, 2.24) is 9.62 Å². The lowest BCUT2D eigenvalue weighted by atomic mass is 10.2. The molecule has 1 saturated heterocycles. The number of rotatable bonds is 4. The fourth-order valence-corrected chi connectivity index (χ4v) is 3.76. The minimum Gasteiger partial charge on any atom is -0.315 e. The molecule has 1 aromatic rings. The summed E-state index contributed by atoms with van der Waals surface area (Å²) in [7, 11) is -1.83. The number of nitrogens with zero attached hydrogens (tertiary/aromatic N) is 1. The van der Waals surface area contributed by atoms with Gasteiger partial charge in [-0.25, -0.2) is 17.1 Å². The molecule has 0 saturated carbocycles. The van der Waals surface area contributed by atoms with Crippen LogP contribution in [0.4, 0.5) is 4.39 Å². The Kier molecular flexibility index (Phi) is 4.45. The van der Waals surface area contributed by atoms with Crippen molar-refractivity contribution in [3.8, 4) is 0 Å². The summed E-state index contributed by atoms with van der Waals surface area (Å²) in [5.74, 6) is -0.712. The lowest BCUT2D eigenvalue weighted by Gasteiger charge is -2.23. The first-order valence-electron chi connectivity index (χ1n) is 6.00. The van der Waals surface area contributed by atoms with Gasteiger partial charge in [-0.2, -0.15) is 0 Å². The summed E-state index contributed by atoms with van der Waals surface area (Å²) < 4.78 is 38.9. The van der Waals surface area contributed by atoms with Gasteiger partial charge in [0, 0.05) is 19.6 Å². The molecule has 0 aliphatic carbocycles. The van der Waals surface area contributed by atoms with E-state index in [1.807, 2.05) is 0 Å². The predicted molar refractivity (Wildman–Crippen MR) is 73.1 cm³/mol. The summed E-state index contributed by atoms with van der Waals surface area (Å²) in [6.45, 7) is 1.49. The molecule has 0 radical (unpaired) electrons. The van der Waals surface area contributed by atoms with E-state index in [4.69, 9.17) is 11.6 Å². The lowest BCUT2D eigenvalue weighted by Crippen LogP contribution is -2.39. The molecule has 4 nitrogen and oxygen atoms in total. The second-order valence-electron chi connectivity index (χ2n) is 4.67. The first-order valence-corrected chi connectivity index (χ1v) is 7.99. The first kappa shape index (κ1) is 14.7. The Morgan fingerprint density at radius 3 is 2.84 bits per heavy atom. The Morgan fingerprint density at radius 2 is 2.26 bits per heavy atom. The molecule has 1 fully saturated rings. The second kappa shape index (κ2) is 5.75. The van der Waals surface area contributed by atoms with Gasteiger partial charge >= 0.3 is 0 Å². The number of halogens is 2. The average molecular weight is 307 g/mol. The normalized spacial score (nSPS) is 20.1.